The predicted octanol–water partition coefficient (Wildman–Crippen LogP) is 4.10. The van der Waals surface area contributed by atoms with E-state index in [4.69, 9.17) is 16.3 Å². The number of hydrogen-bond acceptors (Lipinski definition) is 4. The first-order valence-electron chi connectivity index (χ1n) is 7.46. The summed E-state index contributed by atoms with van der Waals surface area (Å²) in [6, 6.07) is 15.2. The van der Waals surface area contributed by atoms with Gasteiger partial charge in [0.15, 0.2) is 4.80 Å². The summed E-state index contributed by atoms with van der Waals surface area (Å²) in [7, 11) is 1.64. The number of nitrogens with zero attached hydrogens (tertiary/aromatic N) is 2. The van der Waals surface area contributed by atoms with Crippen molar-refractivity contribution in [3.05, 3.63) is 63.7 Å². The monoisotopic (exact) mass is 360 g/mol. The van der Waals surface area contributed by atoms with Crippen LogP contribution in [0.4, 0.5) is 5.69 Å². The Morgan fingerprint density at radius 2 is 1.92 bits per heavy atom. The molecule has 1 N–H and O–H groups in total. The van der Waals surface area contributed by atoms with Crippen molar-refractivity contribution in [2.45, 2.75) is 6.54 Å². The Morgan fingerprint density at radius 1 is 1.17 bits per heavy atom. The summed E-state index contributed by atoms with van der Waals surface area (Å²) in [5, 5.41) is 12.1. The van der Waals surface area contributed by atoms with E-state index in [2.05, 4.69) is 4.99 Å². The molecule has 0 unspecified atom stereocenters. The standard InChI is InChI=1S/C18H17ClN2O2S/c1-23-14-8-6-13(7-9-14)20-18-21(10-11-22)17(12-24-18)15-4-2-3-5-16(15)19/h2-9,12,22H,10-11H2,1H3. The van der Waals surface area contributed by atoms with Gasteiger partial charge in [-0.15, -0.1) is 11.3 Å². The van der Waals surface area contributed by atoms with Gasteiger partial charge in [0, 0.05) is 22.5 Å². The molecule has 6 heteroatoms. The fraction of sp³-hybridized carbons (Fsp3) is 0.167. The van der Waals surface area contributed by atoms with Crippen molar-refractivity contribution in [2.24, 2.45) is 4.99 Å². The van der Waals surface area contributed by atoms with Gasteiger partial charge in [-0.1, -0.05) is 29.8 Å². The molecule has 0 atom stereocenters. The van der Waals surface area contributed by atoms with Crippen molar-refractivity contribution in [1.82, 2.24) is 4.57 Å². The zero-order valence-electron chi connectivity index (χ0n) is 13.1. The van der Waals surface area contributed by atoms with Crippen molar-refractivity contribution in [1.29, 1.82) is 0 Å². The van der Waals surface area contributed by atoms with E-state index >= 15 is 0 Å². The summed E-state index contributed by atoms with van der Waals surface area (Å²) < 4.78 is 7.15. The number of aliphatic hydroxyl groups is 1. The first kappa shape index (κ1) is 16.8. The topological polar surface area (TPSA) is 46.8 Å². The van der Waals surface area contributed by atoms with Gasteiger partial charge in [-0.2, -0.15) is 0 Å². The van der Waals surface area contributed by atoms with Gasteiger partial charge in [-0.05, 0) is 30.3 Å². The second-order valence-corrected chi connectivity index (χ2v) is 6.31. The molecule has 124 valence electrons. The summed E-state index contributed by atoms with van der Waals surface area (Å²) in [6.07, 6.45) is 0. The van der Waals surface area contributed by atoms with Gasteiger partial charge in [-0.3, -0.25) is 0 Å². The van der Waals surface area contributed by atoms with Gasteiger partial charge < -0.3 is 14.4 Å². The molecule has 1 aromatic heterocycles. The normalized spacial score (nSPS) is 11.7. The maximum Gasteiger partial charge on any atom is 0.190 e. The lowest BCUT2D eigenvalue weighted by molar-refractivity contribution is 0.275. The predicted molar refractivity (Wildman–Crippen MR) is 98.1 cm³/mol. The molecule has 1 heterocycles. The van der Waals surface area contributed by atoms with Crippen LogP contribution in [0.1, 0.15) is 0 Å². The van der Waals surface area contributed by atoms with E-state index in [-0.39, 0.29) is 6.61 Å². The van der Waals surface area contributed by atoms with E-state index in [1.165, 1.54) is 11.3 Å². The van der Waals surface area contributed by atoms with Crippen LogP contribution in [0.3, 0.4) is 0 Å². The lowest BCUT2D eigenvalue weighted by atomic mass is 10.2. The average Bonchev–Trinajstić information content (AvgIpc) is 2.99. The van der Waals surface area contributed by atoms with Crippen molar-refractivity contribution < 1.29 is 9.84 Å². The Hall–Kier alpha value is -2.08. The molecular weight excluding hydrogens is 344 g/mol. The lowest BCUT2D eigenvalue weighted by Gasteiger charge is -2.08. The second-order valence-electron chi connectivity index (χ2n) is 5.07. The van der Waals surface area contributed by atoms with Crippen LogP contribution in [-0.2, 0) is 6.54 Å². The molecule has 0 aliphatic carbocycles. The van der Waals surface area contributed by atoms with Crippen LogP contribution < -0.4 is 9.54 Å². The van der Waals surface area contributed by atoms with Gasteiger partial charge in [0.05, 0.1) is 25.1 Å². The zero-order chi connectivity index (χ0) is 16.9. The smallest absolute Gasteiger partial charge is 0.190 e. The molecule has 2 aromatic carbocycles. The summed E-state index contributed by atoms with van der Waals surface area (Å²) in [4.78, 5) is 5.49. The number of rotatable bonds is 5. The third-order valence-corrected chi connectivity index (χ3v) is 4.76. The van der Waals surface area contributed by atoms with Crippen LogP contribution in [0.2, 0.25) is 5.02 Å². The number of aliphatic hydroxyl groups excluding tert-OH is 1. The minimum Gasteiger partial charge on any atom is -0.497 e. The summed E-state index contributed by atoms with van der Waals surface area (Å²) in [5.41, 5.74) is 2.71. The molecule has 0 aliphatic rings. The number of aromatic nitrogens is 1. The molecule has 0 amide bonds. The SMILES string of the molecule is COc1ccc(N=c2scc(-c3ccccc3Cl)n2CCO)cc1. The highest BCUT2D eigenvalue weighted by molar-refractivity contribution is 7.07. The van der Waals surface area contributed by atoms with Gasteiger partial charge >= 0.3 is 0 Å². The second kappa shape index (κ2) is 7.66. The van der Waals surface area contributed by atoms with Crippen LogP contribution >= 0.6 is 22.9 Å². The Labute approximate surface area is 149 Å². The van der Waals surface area contributed by atoms with Crippen molar-refractivity contribution in [3.8, 4) is 17.0 Å². The molecule has 0 saturated heterocycles. The number of benzene rings is 2. The molecule has 3 aromatic rings. The molecule has 24 heavy (non-hydrogen) atoms. The first-order chi connectivity index (χ1) is 11.7. The number of halogens is 1. The largest absolute Gasteiger partial charge is 0.497 e. The van der Waals surface area contributed by atoms with Crippen LogP contribution in [-0.4, -0.2) is 23.4 Å². The molecule has 0 fully saturated rings. The van der Waals surface area contributed by atoms with Gasteiger partial charge in [0.25, 0.3) is 0 Å². The average molecular weight is 361 g/mol. The molecule has 0 radical (unpaired) electrons. The summed E-state index contributed by atoms with van der Waals surface area (Å²) in [5.74, 6) is 0.792. The van der Waals surface area contributed by atoms with Gasteiger partial charge in [-0.25, -0.2) is 4.99 Å². The highest BCUT2D eigenvalue weighted by atomic mass is 35.5. The van der Waals surface area contributed by atoms with Crippen LogP contribution in [0.15, 0.2) is 58.9 Å². The maximum absolute atomic E-state index is 9.43. The zero-order valence-corrected chi connectivity index (χ0v) is 14.7. The Kier molecular flexibility index (Phi) is 5.35. The van der Waals surface area contributed by atoms with Crippen molar-refractivity contribution >= 4 is 28.6 Å². The fourth-order valence-corrected chi connectivity index (χ4v) is 3.57. The summed E-state index contributed by atoms with van der Waals surface area (Å²) >= 11 is 7.84. The van der Waals surface area contributed by atoms with E-state index in [0.717, 1.165) is 27.5 Å². The highest BCUT2D eigenvalue weighted by Crippen LogP contribution is 2.28. The fourth-order valence-electron chi connectivity index (χ4n) is 2.39. The number of methoxy groups -OCH3 is 1. The molecular formula is C18H17ClN2O2S. The molecule has 0 bridgehead atoms. The first-order valence-corrected chi connectivity index (χ1v) is 8.71. The van der Waals surface area contributed by atoms with Gasteiger partial charge in [0.2, 0.25) is 0 Å². The number of ether oxygens (including phenoxy) is 1. The molecule has 3 rings (SSSR count). The Balaban J connectivity index is 2.08. The quantitative estimate of drug-likeness (QED) is 0.744. The van der Waals surface area contributed by atoms with Gasteiger partial charge in [0.1, 0.15) is 5.75 Å². The molecule has 4 nitrogen and oxygen atoms in total. The van der Waals surface area contributed by atoms with E-state index in [1.807, 2.05) is 58.5 Å². The van der Waals surface area contributed by atoms with E-state index in [9.17, 15) is 5.11 Å². The van der Waals surface area contributed by atoms with E-state index in [0.29, 0.717) is 11.6 Å². The minimum absolute atomic E-state index is 0.0317. The highest BCUT2D eigenvalue weighted by Gasteiger charge is 2.10. The third-order valence-electron chi connectivity index (χ3n) is 3.57. The van der Waals surface area contributed by atoms with Crippen LogP contribution in [0, 0.1) is 0 Å². The number of thiazole rings is 1. The van der Waals surface area contributed by atoms with E-state index in [1.54, 1.807) is 7.11 Å². The number of hydrogen-bond donors (Lipinski definition) is 1. The van der Waals surface area contributed by atoms with E-state index < -0.39 is 0 Å². The molecule has 0 saturated carbocycles. The summed E-state index contributed by atoms with van der Waals surface area (Å²) in [6.45, 7) is 0.489. The molecule has 0 aliphatic heterocycles. The van der Waals surface area contributed by atoms with Crippen LogP contribution in [0.25, 0.3) is 11.3 Å². The van der Waals surface area contributed by atoms with Crippen molar-refractivity contribution in [3.63, 3.8) is 0 Å². The third kappa shape index (κ3) is 3.53. The molecule has 0 spiro atoms. The van der Waals surface area contributed by atoms with Crippen molar-refractivity contribution in [2.75, 3.05) is 13.7 Å². The van der Waals surface area contributed by atoms with Crippen LogP contribution in [0.5, 0.6) is 5.75 Å². The Bertz CT molecular complexity index is 885. The minimum atomic E-state index is 0.0317. The lowest BCUT2D eigenvalue weighted by Crippen LogP contribution is -2.17. The Morgan fingerprint density at radius 3 is 2.58 bits per heavy atom. The maximum atomic E-state index is 9.43.